The molecule has 2 heterocycles. The van der Waals surface area contributed by atoms with Gasteiger partial charge in [-0.1, -0.05) is 11.6 Å². The van der Waals surface area contributed by atoms with Gasteiger partial charge in [0.15, 0.2) is 0 Å². The van der Waals surface area contributed by atoms with Crippen molar-refractivity contribution in [2.75, 3.05) is 25.1 Å². The highest BCUT2D eigenvalue weighted by Crippen LogP contribution is 2.24. The molecule has 1 saturated heterocycles. The summed E-state index contributed by atoms with van der Waals surface area (Å²) in [5, 5.41) is 9.24. The molecule has 1 aliphatic heterocycles. The molecule has 1 fully saturated rings. The summed E-state index contributed by atoms with van der Waals surface area (Å²) in [5.74, 6) is 5.84. The number of halogens is 1. The normalized spacial score (nSPS) is 18.7. The lowest BCUT2D eigenvalue weighted by atomic mass is 10.1. The smallest absolute Gasteiger partial charge is 0.274 e. The number of nitrogen functional groups attached to an aromatic ring is 1. The molecule has 0 saturated carbocycles. The Hall–Kier alpha value is -1.37. The first-order chi connectivity index (χ1) is 9.15. The Kier molecular flexibility index (Phi) is 4.57. The number of aliphatic hydroxyl groups is 1. The van der Waals surface area contributed by atoms with Crippen LogP contribution in [0.15, 0.2) is 12.1 Å². The van der Waals surface area contributed by atoms with E-state index in [1.54, 1.807) is 17.0 Å². The van der Waals surface area contributed by atoms with E-state index in [9.17, 15) is 4.79 Å². The molecule has 1 aromatic heterocycles. The maximum absolute atomic E-state index is 12.3. The molecule has 0 radical (unpaired) electrons. The first-order valence-corrected chi connectivity index (χ1v) is 6.56. The fourth-order valence-electron chi connectivity index (χ4n) is 2.26. The zero-order chi connectivity index (χ0) is 13.8. The van der Waals surface area contributed by atoms with Crippen molar-refractivity contribution in [3.8, 4) is 0 Å². The summed E-state index contributed by atoms with van der Waals surface area (Å²) in [7, 11) is 0. The van der Waals surface area contributed by atoms with Crippen molar-refractivity contribution >= 4 is 23.3 Å². The highest BCUT2D eigenvalue weighted by atomic mass is 35.5. The summed E-state index contributed by atoms with van der Waals surface area (Å²) in [4.78, 5) is 18.1. The van der Waals surface area contributed by atoms with Crippen molar-refractivity contribution in [3.05, 3.63) is 22.8 Å². The molecule has 1 atom stereocenters. The van der Waals surface area contributed by atoms with E-state index in [-0.39, 0.29) is 18.2 Å². The second-order valence-electron chi connectivity index (χ2n) is 4.59. The molecule has 1 amide bonds. The van der Waals surface area contributed by atoms with Crippen LogP contribution < -0.4 is 11.3 Å². The Bertz CT molecular complexity index is 469. The molecular weight excluding hydrogens is 268 g/mol. The van der Waals surface area contributed by atoms with Crippen molar-refractivity contribution in [2.24, 2.45) is 11.8 Å². The number of rotatable bonds is 4. The zero-order valence-electron chi connectivity index (χ0n) is 10.5. The minimum Gasteiger partial charge on any atom is -0.396 e. The van der Waals surface area contributed by atoms with Crippen LogP contribution in [0.3, 0.4) is 0 Å². The zero-order valence-corrected chi connectivity index (χ0v) is 11.2. The molecule has 1 aliphatic rings. The van der Waals surface area contributed by atoms with Crippen LogP contribution in [0, 0.1) is 5.92 Å². The Morgan fingerprint density at radius 1 is 1.63 bits per heavy atom. The predicted octanol–water partition coefficient (Wildman–Crippen LogP) is 0.865. The van der Waals surface area contributed by atoms with Gasteiger partial charge in [0.1, 0.15) is 11.5 Å². The summed E-state index contributed by atoms with van der Waals surface area (Å²) in [6.45, 7) is 1.46. The van der Waals surface area contributed by atoms with E-state index in [4.69, 9.17) is 22.6 Å². The molecule has 1 aromatic rings. The summed E-state index contributed by atoms with van der Waals surface area (Å²) >= 11 is 6.01. The van der Waals surface area contributed by atoms with Gasteiger partial charge in [0.05, 0.1) is 5.02 Å². The first-order valence-electron chi connectivity index (χ1n) is 6.19. The molecular formula is C12H17ClN4O2. The molecule has 0 aromatic carbocycles. The number of carbonyl (C=O) groups excluding carboxylic acids is 1. The van der Waals surface area contributed by atoms with Gasteiger partial charge < -0.3 is 15.4 Å². The van der Waals surface area contributed by atoms with Crippen molar-refractivity contribution < 1.29 is 9.90 Å². The van der Waals surface area contributed by atoms with Crippen LogP contribution >= 0.6 is 11.6 Å². The Balaban J connectivity index is 2.12. The van der Waals surface area contributed by atoms with E-state index >= 15 is 0 Å². The second-order valence-corrected chi connectivity index (χ2v) is 5.00. The molecule has 0 spiro atoms. The van der Waals surface area contributed by atoms with Gasteiger partial charge >= 0.3 is 0 Å². The average Bonchev–Trinajstić information content (AvgIpc) is 2.88. The molecule has 1 unspecified atom stereocenters. The SMILES string of the molecule is NNc1ccc(Cl)c(C(=O)N2CCC(CCO)C2)n1. The van der Waals surface area contributed by atoms with E-state index in [0.29, 0.717) is 29.8 Å². The summed E-state index contributed by atoms with van der Waals surface area (Å²) in [6.07, 6.45) is 1.62. The Labute approximate surface area is 116 Å². The van der Waals surface area contributed by atoms with E-state index in [2.05, 4.69) is 10.4 Å². The maximum Gasteiger partial charge on any atom is 0.274 e. The summed E-state index contributed by atoms with van der Waals surface area (Å²) < 4.78 is 0. The van der Waals surface area contributed by atoms with Crippen LogP contribution in [0.5, 0.6) is 0 Å². The lowest BCUT2D eigenvalue weighted by molar-refractivity contribution is 0.0779. The van der Waals surface area contributed by atoms with Crippen LogP contribution in [-0.4, -0.2) is 40.6 Å². The molecule has 0 aliphatic carbocycles. The number of amides is 1. The maximum atomic E-state index is 12.3. The Morgan fingerprint density at radius 3 is 3.11 bits per heavy atom. The average molecular weight is 285 g/mol. The monoisotopic (exact) mass is 284 g/mol. The molecule has 2 rings (SSSR count). The van der Waals surface area contributed by atoms with Crippen molar-refractivity contribution in [1.29, 1.82) is 0 Å². The topological polar surface area (TPSA) is 91.5 Å². The van der Waals surface area contributed by atoms with E-state index < -0.39 is 0 Å². The number of hydrogen-bond donors (Lipinski definition) is 3. The van der Waals surface area contributed by atoms with Gasteiger partial charge in [-0.15, -0.1) is 0 Å². The fraction of sp³-hybridized carbons (Fsp3) is 0.500. The van der Waals surface area contributed by atoms with Crippen LogP contribution in [-0.2, 0) is 0 Å². The molecule has 7 heteroatoms. The number of nitrogens with zero attached hydrogens (tertiary/aromatic N) is 2. The number of nitrogens with two attached hydrogens (primary N) is 1. The molecule has 19 heavy (non-hydrogen) atoms. The minimum absolute atomic E-state index is 0.151. The van der Waals surface area contributed by atoms with Crippen LogP contribution in [0.2, 0.25) is 5.02 Å². The molecule has 104 valence electrons. The minimum atomic E-state index is -0.192. The van der Waals surface area contributed by atoms with Gasteiger partial charge in [-0.3, -0.25) is 4.79 Å². The van der Waals surface area contributed by atoms with Crippen molar-refractivity contribution in [1.82, 2.24) is 9.88 Å². The third-order valence-corrected chi connectivity index (χ3v) is 3.61. The van der Waals surface area contributed by atoms with Gasteiger partial charge in [0.2, 0.25) is 0 Å². The molecule has 4 N–H and O–H groups in total. The standard InChI is InChI=1S/C12H17ClN4O2/c13-9-1-2-10(16-14)15-11(9)12(19)17-5-3-8(7-17)4-6-18/h1-2,8,18H,3-7,14H2,(H,15,16). The third kappa shape index (κ3) is 3.15. The van der Waals surface area contributed by atoms with Gasteiger partial charge in [-0.25, -0.2) is 10.8 Å². The second kappa shape index (κ2) is 6.18. The quantitative estimate of drug-likeness (QED) is 0.563. The number of likely N-dealkylation sites (tertiary alicyclic amines) is 1. The highest BCUT2D eigenvalue weighted by Gasteiger charge is 2.28. The molecule has 0 bridgehead atoms. The summed E-state index contributed by atoms with van der Waals surface area (Å²) in [6, 6.07) is 3.20. The van der Waals surface area contributed by atoms with Crippen molar-refractivity contribution in [2.45, 2.75) is 12.8 Å². The Morgan fingerprint density at radius 2 is 2.42 bits per heavy atom. The van der Waals surface area contributed by atoms with Gasteiger partial charge in [-0.05, 0) is 30.9 Å². The highest BCUT2D eigenvalue weighted by molar-refractivity contribution is 6.33. The number of nitrogens with one attached hydrogen (secondary N) is 1. The van der Waals surface area contributed by atoms with E-state index in [1.807, 2.05) is 0 Å². The number of pyridine rings is 1. The predicted molar refractivity (Wildman–Crippen MR) is 72.8 cm³/mol. The number of aliphatic hydroxyl groups excluding tert-OH is 1. The summed E-state index contributed by atoms with van der Waals surface area (Å²) in [5.41, 5.74) is 2.61. The van der Waals surface area contributed by atoms with Gasteiger partial charge in [0.25, 0.3) is 5.91 Å². The first kappa shape index (κ1) is 14.0. The fourth-order valence-corrected chi connectivity index (χ4v) is 2.44. The lowest BCUT2D eigenvalue weighted by Gasteiger charge is -2.17. The number of hydrazine groups is 1. The van der Waals surface area contributed by atoms with Crippen LogP contribution in [0.1, 0.15) is 23.3 Å². The van der Waals surface area contributed by atoms with Crippen molar-refractivity contribution in [3.63, 3.8) is 0 Å². The number of anilines is 1. The number of carbonyl (C=O) groups is 1. The lowest BCUT2D eigenvalue weighted by Crippen LogP contribution is -2.30. The van der Waals surface area contributed by atoms with Crippen LogP contribution in [0.4, 0.5) is 5.82 Å². The van der Waals surface area contributed by atoms with Gasteiger partial charge in [0, 0.05) is 19.7 Å². The van der Waals surface area contributed by atoms with E-state index in [1.165, 1.54) is 0 Å². The van der Waals surface area contributed by atoms with E-state index in [0.717, 1.165) is 12.8 Å². The van der Waals surface area contributed by atoms with Gasteiger partial charge in [-0.2, -0.15) is 0 Å². The largest absolute Gasteiger partial charge is 0.396 e. The number of aromatic nitrogens is 1. The third-order valence-electron chi connectivity index (χ3n) is 3.31. The number of hydrogen-bond acceptors (Lipinski definition) is 5. The molecule has 6 nitrogen and oxygen atoms in total. The van der Waals surface area contributed by atoms with Crippen LogP contribution in [0.25, 0.3) is 0 Å².